The molecule has 1 aromatic heterocycles. The number of para-hydroxylation sites is 1. The van der Waals surface area contributed by atoms with E-state index in [9.17, 15) is 9.59 Å². The van der Waals surface area contributed by atoms with Crippen LogP contribution in [0.25, 0.3) is 16.5 Å². The molecule has 1 atom stereocenters. The van der Waals surface area contributed by atoms with Crippen molar-refractivity contribution in [1.29, 1.82) is 0 Å². The van der Waals surface area contributed by atoms with Crippen LogP contribution < -0.4 is 0 Å². The third kappa shape index (κ3) is 3.36. The molecule has 5 nitrogen and oxygen atoms in total. The van der Waals surface area contributed by atoms with Crippen LogP contribution in [0, 0.1) is 0 Å². The maximum absolute atomic E-state index is 13.3. The number of carbonyl (C=O) groups excluding carboxylic acids is 2. The lowest BCUT2D eigenvalue weighted by atomic mass is 9.74. The molecule has 1 saturated carbocycles. The van der Waals surface area contributed by atoms with Crippen molar-refractivity contribution in [1.82, 2.24) is 4.98 Å². The van der Waals surface area contributed by atoms with E-state index in [-0.39, 0.29) is 19.1 Å². The first-order chi connectivity index (χ1) is 14.6. The maximum atomic E-state index is 13.3. The van der Waals surface area contributed by atoms with E-state index in [4.69, 9.17) is 9.47 Å². The number of esters is 2. The highest BCUT2D eigenvalue weighted by atomic mass is 16.5. The van der Waals surface area contributed by atoms with Gasteiger partial charge >= 0.3 is 11.9 Å². The highest BCUT2D eigenvalue weighted by Crippen LogP contribution is 2.48. The average molecular weight is 408 g/mol. The number of benzene rings is 1. The van der Waals surface area contributed by atoms with Gasteiger partial charge in [-0.3, -0.25) is 0 Å². The van der Waals surface area contributed by atoms with Crippen molar-refractivity contribution in [2.75, 3.05) is 13.2 Å². The molecule has 1 unspecified atom stereocenters. The molecule has 2 aromatic rings. The number of fused-ring (bicyclic) bond motifs is 3. The number of carbonyl (C=O) groups is 2. The predicted octanol–water partition coefficient (Wildman–Crippen LogP) is 5.43. The van der Waals surface area contributed by atoms with Gasteiger partial charge in [-0.1, -0.05) is 37.1 Å². The second kappa shape index (κ2) is 8.50. The zero-order valence-electron chi connectivity index (χ0n) is 18.0. The zero-order chi connectivity index (χ0) is 21.3. The van der Waals surface area contributed by atoms with Crippen LogP contribution in [0.3, 0.4) is 0 Å². The van der Waals surface area contributed by atoms with Crippen LogP contribution in [0.15, 0.2) is 41.0 Å². The average Bonchev–Trinajstić information content (AvgIpc) is 3.14. The van der Waals surface area contributed by atoms with Gasteiger partial charge in [0.15, 0.2) is 0 Å². The van der Waals surface area contributed by atoms with E-state index in [2.05, 4.69) is 11.9 Å². The number of ether oxygens (including phenoxy) is 2. The maximum Gasteiger partial charge on any atom is 0.339 e. The molecule has 4 rings (SSSR count). The van der Waals surface area contributed by atoms with Crippen molar-refractivity contribution in [3.8, 4) is 0 Å². The minimum atomic E-state index is -0.465. The standard InChI is InChI=1S/C25H29NO4/c1-4-29-24(27)21-19(16-11-7-6-8-12-16)15(3)23-20(22(21)25(28)30-5-2)17-13-9-10-14-18(17)26-23/h9-10,13-15,26H,4-8,11-12H2,1-3H3. The third-order valence-electron chi connectivity index (χ3n) is 6.17. The van der Waals surface area contributed by atoms with E-state index in [0.717, 1.165) is 53.4 Å². The number of rotatable bonds is 4. The Balaban J connectivity index is 2.08. The monoisotopic (exact) mass is 407 g/mol. The van der Waals surface area contributed by atoms with Crippen molar-refractivity contribution >= 4 is 28.4 Å². The summed E-state index contributed by atoms with van der Waals surface area (Å²) in [6.45, 7) is 6.20. The van der Waals surface area contributed by atoms with Crippen LogP contribution in [0.4, 0.5) is 0 Å². The number of allylic oxidation sites excluding steroid dienone is 1. The molecule has 0 saturated heterocycles. The lowest BCUT2D eigenvalue weighted by Gasteiger charge is -2.30. The van der Waals surface area contributed by atoms with E-state index >= 15 is 0 Å². The van der Waals surface area contributed by atoms with E-state index in [1.54, 1.807) is 13.8 Å². The Morgan fingerprint density at radius 3 is 2.27 bits per heavy atom. The minimum absolute atomic E-state index is 0.0296. The van der Waals surface area contributed by atoms with Gasteiger partial charge in [0.1, 0.15) is 0 Å². The van der Waals surface area contributed by atoms with Gasteiger partial charge in [0.05, 0.1) is 24.4 Å². The predicted molar refractivity (Wildman–Crippen MR) is 117 cm³/mol. The minimum Gasteiger partial charge on any atom is -0.462 e. The summed E-state index contributed by atoms with van der Waals surface area (Å²) in [7, 11) is 0. The fraction of sp³-hybridized carbons (Fsp3) is 0.440. The van der Waals surface area contributed by atoms with Crippen LogP contribution in [-0.4, -0.2) is 30.1 Å². The Bertz CT molecular complexity index is 1050. The summed E-state index contributed by atoms with van der Waals surface area (Å²) in [6.07, 6.45) is 5.32. The van der Waals surface area contributed by atoms with Crippen molar-refractivity contribution in [2.24, 2.45) is 0 Å². The summed E-state index contributed by atoms with van der Waals surface area (Å²) in [5.74, 6) is -0.929. The molecule has 0 radical (unpaired) electrons. The molecule has 1 fully saturated rings. The van der Waals surface area contributed by atoms with Crippen molar-refractivity contribution in [3.05, 3.63) is 52.2 Å². The van der Waals surface area contributed by atoms with Gasteiger partial charge in [0, 0.05) is 28.1 Å². The highest BCUT2D eigenvalue weighted by Gasteiger charge is 2.40. The number of nitrogens with one attached hydrogen (secondary N) is 1. The first-order valence-corrected chi connectivity index (χ1v) is 11.0. The Morgan fingerprint density at radius 2 is 1.60 bits per heavy atom. The number of hydrogen-bond acceptors (Lipinski definition) is 4. The molecule has 0 aliphatic heterocycles. The van der Waals surface area contributed by atoms with Crippen molar-refractivity contribution < 1.29 is 19.1 Å². The fourth-order valence-electron chi connectivity index (χ4n) is 4.93. The molecular formula is C25H29NO4. The molecule has 30 heavy (non-hydrogen) atoms. The summed E-state index contributed by atoms with van der Waals surface area (Å²) in [5, 5.41) is 0.928. The fourth-order valence-corrected chi connectivity index (χ4v) is 4.93. The van der Waals surface area contributed by atoms with Gasteiger partial charge in [-0.2, -0.15) is 0 Å². The molecular weight excluding hydrogens is 378 g/mol. The number of aromatic amines is 1. The summed E-state index contributed by atoms with van der Waals surface area (Å²) in [5.41, 5.74) is 5.67. The normalized spacial score (nSPS) is 19.1. The Kier molecular flexibility index (Phi) is 5.80. The number of H-pyrrole nitrogens is 1. The molecule has 1 N–H and O–H groups in total. The van der Waals surface area contributed by atoms with Crippen molar-refractivity contribution in [3.63, 3.8) is 0 Å². The second-order valence-corrected chi connectivity index (χ2v) is 7.95. The van der Waals surface area contributed by atoms with Crippen LogP contribution in [0.1, 0.15) is 70.1 Å². The first-order valence-electron chi connectivity index (χ1n) is 11.0. The van der Waals surface area contributed by atoms with Crippen LogP contribution in [-0.2, 0) is 19.1 Å². The number of aromatic nitrogens is 1. The Hall–Kier alpha value is -2.82. The molecule has 2 aliphatic rings. The number of hydrogen-bond donors (Lipinski definition) is 1. The van der Waals surface area contributed by atoms with E-state index in [1.807, 2.05) is 24.3 Å². The highest BCUT2D eigenvalue weighted by molar-refractivity contribution is 6.28. The quantitative estimate of drug-likeness (QED) is 0.687. The van der Waals surface area contributed by atoms with E-state index < -0.39 is 11.9 Å². The molecule has 0 spiro atoms. The zero-order valence-corrected chi connectivity index (χ0v) is 18.0. The van der Waals surface area contributed by atoms with Gasteiger partial charge in [-0.05, 0) is 51.2 Å². The second-order valence-electron chi connectivity index (χ2n) is 7.95. The van der Waals surface area contributed by atoms with Crippen molar-refractivity contribution in [2.45, 2.75) is 58.8 Å². The summed E-state index contributed by atoms with van der Waals surface area (Å²) in [4.78, 5) is 30.0. The van der Waals surface area contributed by atoms with Crippen LogP contribution in [0.5, 0.6) is 0 Å². The molecule has 0 bridgehead atoms. The van der Waals surface area contributed by atoms with Gasteiger partial charge in [-0.15, -0.1) is 0 Å². The summed E-state index contributed by atoms with van der Waals surface area (Å²) in [6, 6.07) is 7.90. The first kappa shape index (κ1) is 20.5. The summed E-state index contributed by atoms with van der Waals surface area (Å²) < 4.78 is 10.9. The van der Waals surface area contributed by atoms with Gasteiger partial charge in [0.2, 0.25) is 0 Å². The molecule has 0 amide bonds. The molecule has 1 heterocycles. The Labute approximate surface area is 177 Å². The van der Waals surface area contributed by atoms with Crippen LogP contribution >= 0.6 is 0 Å². The van der Waals surface area contributed by atoms with Gasteiger partial charge < -0.3 is 14.5 Å². The summed E-state index contributed by atoms with van der Waals surface area (Å²) >= 11 is 0. The molecule has 5 heteroatoms. The molecule has 158 valence electrons. The van der Waals surface area contributed by atoms with E-state index in [1.165, 1.54) is 12.0 Å². The van der Waals surface area contributed by atoms with Gasteiger partial charge in [0.25, 0.3) is 0 Å². The smallest absolute Gasteiger partial charge is 0.339 e. The largest absolute Gasteiger partial charge is 0.462 e. The third-order valence-corrected chi connectivity index (χ3v) is 6.17. The molecule has 1 aromatic carbocycles. The lowest BCUT2D eigenvalue weighted by molar-refractivity contribution is -0.140. The molecule has 2 aliphatic carbocycles. The van der Waals surface area contributed by atoms with Crippen LogP contribution in [0.2, 0.25) is 0 Å². The van der Waals surface area contributed by atoms with Gasteiger partial charge in [-0.25, -0.2) is 9.59 Å². The SMILES string of the molecule is CCOC(=O)C1=C(C(=O)OCC)c2c([nH]c3ccccc23)C(C)C1=C1CCCCC1. The Morgan fingerprint density at radius 1 is 0.967 bits per heavy atom. The van der Waals surface area contributed by atoms with E-state index in [0.29, 0.717) is 11.1 Å². The topological polar surface area (TPSA) is 68.4 Å². The lowest BCUT2D eigenvalue weighted by Crippen LogP contribution is -2.25.